The lowest BCUT2D eigenvalue weighted by atomic mass is 10.3. The predicted molar refractivity (Wildman–Crippen MR) is 63.5 cm³/mol. The molecule has 0 aliphatic carbocycles. The van der Waals surface area contributed by atoms with Gasteiger partial charge < -0.3 is 5.32 Å². The molecule has 0 bridgehead atoms. The fourth-order valence-electron chi connectivity index (χ4n) is 0.838. The molecule has 0 spiro atoms. The number of benzene rings is 1. The van der Waals surface area contributed by atoms with E-state index >= 15 is 0 Å². The molecule has 1 aromatic rings. The predicted octanol–water partition coefficient (Wildman–Crippen LogP) is 3.25. The number of rotatable bonds is 2. The lowest BCUT2D eigenvalue weighted by Crippen LogP contribution is -2.20. The Morgan fingerprint density at radius 2 is 2.14 bits per heavy atom. The molecular formula is C9H9Cl2NOS. The van der Waals surface area contributed by atoms with E-state index in [2.05, 4.69) is 17.9 Å². The molecule has 0 saturated carbocycles. The highest BCUT2D eigenvalue weighted by molar-refractivity contribution is 7.81. The maximum atomic E-state index is 11.3. The van der Waals surface area contributed by atoms with E-state index in [-0.39, 0.29) is 11.2 Å². The van der Waals surface area contributed by atoms with Gasteiger partial charge in [0, 0.05) is 0 Å². The van der Waals surface area contributed by atoms with Gasteiger partial charge in [0.05, 0.1) is 21.0 Å². The van der Waals surface area contributed by atoms with Crippen molar-refractivity contribution in [3.05, 3.63) is 28.2 Å². The maximum Gasteiger partial charge on any atom is 0.236 e. The summed E-state index contributed by atoms with van der Waals surface area (Å²) in [5, 5.41) is 2.99. The van der Waals surface area contributed by atoms with Crippen LogP contribution in [-0.4, -0.2) is 11.2 Å². The zero-order chi connectivity index (χ0) is 10.7. The van der Waals surface area contributed by atoms with Crippen LogP contribution in [0.15, 0.2) is 18.2 Å². The van der Waals surface area contributed by atoms with Crippen molar-refractivity contribution in [3.8, 4) is 0 Å². The third kappa shape index (κ3) is 2.80. The summed E-state index contributed by atoms with van der Waals surface area (Å²) in [6, 6.07) is 5.05. The Hall–Kier alpha value is -0.380. The third-order valence-corrected chi connectivity index (χ3v) is 2.64. The molecule has 2 nitrogen and oxygen atoms in total. The summed E-state index contributed by atoms with van der Waals surface area (Å²) < 4.78 is 0. The van der Waals surface area contributed by atoms with Gasteiger partial charge >= 0.3 is 0 Å². The highest BCUT2D eigenvalue weighted by Crippen LogP contribution is 2.29. The summed E-state index contributed by atoms with van der Waals surface area (Å²) in [7, 11) is 0. The van der Waals surface area contributed by atoms with Crippen LogP contribution in [0.2, 0.25) is 10.0 Å². The van der Waals surface area contributed by atoms with Crippen molar-refractivity contribution in [2.45, 2.75) is 12.2 Å². The Balaban J connectivity index is 2.87. The summed E-state index contributed by atoms with van der Waals surface area (Å²) in [5.41, 5.74) is 0.505. The zero-order valence-electron chi connectivity index (χ0n) is 7.42. The molecule has 1 aromatic carbocycles. The molecular weight excluding hydrogens is 241 g/mol. The molecule has 0 radical (unpaired) electrons. The van der Waals surface area contributed by atoms with Gasteiger partial charge in [0.25, 0.3) is 0 Å². The smallest absolute Gasteiger partial charge is 0.236 e. The van der Waals surface area contributed by atoms with Gasteiger partial charge in [-0.2, -0.15) is 12.6 Å². The first-order chi connectivity index (χ1) is 6.52. The van der Waals surface area contributed by atoms with E-state index in [9.17, 15) is 4.79 Å². The first-order valence-corrected chi connectivity index (χ1v) is 5.22. The zero-order valence-corrected chi connectivity index (χ0v) is 9.83. The van der Waals surface area contributed by atoms with Crippen LogP contribution in [-0.2, 0) is 4.79 Å². The van der Waals surface area contributed by atoms with Crippen molar-refractivity contribution < 1.29 is 4.79 Å². The van der Waals surface area contributed by atoms with Crippen LogP contribution in [0.5, 0.6) is 0 Å². The fraction of sp³-hybridized carbons (Fsp3) is 0.222. The Kier molecular flexibility index (Phi) is 4.11. The van der Waals surface area contributed by atoms with Crippen molar-refractivity contribution in [2.24, 2.45) is 0 Å². The Morgan fingerprint density at radius 1 is 1.50 bits per heavy atom. The average Bonchev–Trinajstić information content (AvgIpc) is 2.12. The number of nitrogens with one attached hydrogen (secondary N) is 1. The third-order valence-electron chi connectivity index (χ3n) is 1.59. The normalized spacial score (nSPS) is 12.3. The molecule has 14 heavy (non-hydrogen) atoms. The van der Waals surface area contributed by atoms with Crippen molar-refractivity contribution in [1.29, 1.82) is 0 Å². The van der Waals surface area contributed by atoms with Crippen LogP contribution >= 0.6 is 35.8 Å². The van der Waals surface area contributed by atoms with Gasteiger partial charge in [0.1, 0.15) is 0 Å². The van der Waals surface area contributed by atoms with E-state index in [0.29, 0.717) is 15.7 Å². The number of hydrogen-bond donors (Lipinski definition) is 2. The van der Waals surface area contributed by atoms with Crippen molar-refractivity contribution in [2.75, 3.05) is 5.32 Å². The van der Waals surface area contributed by atoms with Crippen LogP contribution in [0.3, 0.4) is 0 Å². The molecule has 5 heteroatoms. The van der Waals surface area contributed by atoms with E-state index in [4.69, 9.17) is 23.2 Å². The van der Waals surface area contributed by atoms with Crippen molar-refractivity contribution >= 4 is 47.4 Å². The lowest BCUT2D eigenvalue weighted by Gasteiger charge is -2.09. The van der Waals surface area contributed by atoms with E-state index in [1.807, 2.05) is 0 Å². The summed E-state index contributed by atoms with van der Waals surface area (Å²) in [4.78, 5) is 11.3. The Bertz CT molecular complexity index is 355. The highest BCUT2D eigenvalue weighted by atomic mass is 35.5. The van der Waals surface area contributed by atoms with Crippen LogP contribution < -0.4 is 5.32 Å². The number of carbonyl (C=O) groups is 1. The monoisotopic (exact) mass is 249 g/mol. The molecule has 0 fully saturated rings. The standard InChI is InChI=1S/C9H9Cl2NOS/c1-5(14)9(13)12-7-4-2-3-6(10)8(7)11/h2-5,14H,1H3,(H,12,13). The molecule has 76 valence electrons. The second-order valence-electron chi connectivity index (χ2n) is 2.77. The Morgan fingerprint density at radius 3 is 2.71 bits per heavy atom. The summed E-state index contributed by atoms with van der Waals surface area (Å²) >= 11 is 15.6. The van der Waals surface area contributed by atoms with Crippen LogP contribution in [0, 0.1) is 0 Å². The van der Waals surface area contributed by atoms with Gasteiger partial charge in [-0.1, -0.05) is 29.3 Å². The molecule has 1 unspecified atom stereocenters. The molecule has 1 N–H and O–H groups in total. The number of hydrogen-bond acceptors (Lipinski definition) is 2. The minimum absolute atomic E-state index is 0.211. The summed E-state index contributed by atoms with van der Waals surface area (Å²) in [6.07, 6.45) is 0. The van der Waals surface area contributed by atoms with Crippen LogP contribution in [0.25, 0.3) is 0 Å². The number of thiol groups is 1. The van der Waals surface area contributed by atoms with Gasteiger partial charge in [-0.05, 0) is 19.1 Å². The fourth-order valence-corrected chi connectivity index (χ4v) is 1.25. The minimum atomic E-state index is -0.384. The van der Waals surface area contributed by atoms with E-state index in [0.717, 1.165) is 0 Å². The molecule has 0 saturated heterocycles. The van der Waals surface area contributed by atoms with Gasteiger partial charge in [-0.15, -0.1) is 0 Å². The van der Waals surface area contributed by atoms with Gasteiger partial charge in [0.15, 0.2) is 0 Å². The molecule has 0 aromatic heterocycles. The number of amides is 1. The molecule has 1 atom stereocenters. The largest absolute Gasteiger partial charge is 0.324 e. The Labute approximate surface area is 98.0 Å². The first-order valence-electron chi connectivity index (χ1n) is 3.95. The topological polar surface area (TPSA) is 29.1 Å². The van der Waals surface area contributed by atoms with Gasteiger partial charge in [0.2, 0.25) is 5.91 Å². The molecule has 1 amide bonds. The summed E-state index contributed by atoms with van der Waals surface area (Å²) in [5.74, 6) is -0.211. The second kappa shape index (κ2) is 4.91. The van der Waals surface area contributed by atoms with E-state index in [1.54, 1.807) is 25.1 Å². The summed E-state index contributed by atoms with van der Waals surface area (Å²) in [6.45, 7) is 1.68. The average molecular weight is 250 g/mol. The second-order valence-corrected chi connectivity index (χ2v) is 4.33. The van der Waals surface area contributed by atoms with Crippen LogP contribution in [0.1, 0.15) is 6.92 Å². The minimum Gasteiger partial charge on any atom is -0.324 e. The first kappa shape index (κ1) is 11.7. The van der Waals surface area contributed by atoms with Crippen LogP contribution in [0.4, 0.5) is 5.69 Å². The molecule has 0 aliphatic rings. The molecule has 0 heterocycles. The lowest BCUT2D eigenvalue weighted by molar-refractivity contribution is -0.115. The van der Waals surface area contributed by atoms with Crippen molar-refractivity contribution in [1.82, 2.24) is 0 Å². The van der Waals surface area contributed by atoms with E-state index in [1.165, 1.54) is 0 Å². The number of carbonyl (C=O) groups excluding carboxylic acids is 1. The highest BCUT2D eigenvalue weighted by Gasteiger charge is 2.11. The van der Waals surface area contributed by atoms with E-state index < -0.39 is 0 Å². The maximum absolute atomic E-state index is 11.3. The van der Waals surface area contributed by atoms with Gasteiger partial charge in [-0.25, -0.2) is 0 Å². The quantitative estimate of drug-likeness (QED) is 0.775. The van der Waals surface area contributed by atoms with Crippen molar-refractivity contribution in [3.63, 3.8) is 0 Å². The number of anilines is 1. The molecule has 0 aliphatic heterocycles. The molecule has 1 rings (SSSR count). The SMILES string of the molecule is CC(S)C(=O)Nc1cccc(Cl)c1Cl. The van der Waals surface area contributed by atoms with Gasteiger partial charge in [-0.3, -0.25) is 4.79 Å². The number of halogens is 2.